The number of nitrogens with zero attached hydrogens (tertiary/aromatic N) is 1. The van der Waals surface area contributed by atoms with Crippen molar-refractivity contribution in [1.82, 2.24) is 4.57 Å². The van der Waals surface area contributed by atoms with Crippen molar-refractivity contribution < 1.29 is 9.90 Å². The molecule has 0 aliphatic heterocycles. The largest absolute Gasteiger partial charge is 0.507 e. The van der Waals surface area contributed by atoms with Gasteiger partial charge in [-0.05, 0) is 29.7 Å². The zero-order valence-electron chi connectivity index (χ0n) is 10.5. The maximum atomic E-state index is 12.5. The second kappa shape index (κ2) is 4.66. The summed E-state index contributed by atoms with van der Waals surface area (Å²) in [5, 5.41) is 10.6. The predicted molar refractivity (Wildman–Crippen MR) is 76.0 cm³/mol. The number of hydrogen-bond donors (Lipinski definition) is 1. The minimum atomic E-state index is -0.537. The molecule has 0 amide bonds. The molecule has 0 bridgehead atoms. The molecule has 0 aliphatic rings. The molecular formula is C16H11NO3. The second-order valence-corrected chi connectivity index (χ2v) is 4.39. The van der Waals surface area contributed by atoms with Crippen LogP contribution in [0.2, 0.25) is 0 Å². The molecule has 2 aromatic carbocycles. The number of phenols is 1. The Hall–Kier alpha value is -2.88. The summed E-state index contributed by atoms with van der Waals surface area (Å²) in [6.07, 6.45) is 0. The molecule has 20 heavy (non-hydrogen) atoms. The van der Waals surface area contributed by atoms with Crippen LogP contribution in [0, 0.1) is 0 Å². The molecule has 4 nitrogen and oxygen atoms in total. The fourth-order valence-electron chi connectivity index (χ4n) is 2.17. The summed E-state index contributed by atoms with van der Waals surface area (Å²) in [6.45, 7) is 0. The highest BCUT2D eigenvalue weighted by atomic mass is 16.3. The molecule has 0 atom stereocenters. The molecule has 3 aromatic rings. The van der Waals surface area contributed by atoms with Gasteiger partial charge in [-0.2, -0.15) is 0 Å². The maximum Gasteiger partial charge on any atom is 0.269 e. The summed E-state index contributed by atoms with van der Waals surface area (Å²) in [7, 11) is 0. The summed E-state index contributed by atoms with van der Waals surface area (Å²) in [5.74, 6) is -0.678. The second-order valence-electron chi connectivity index (χ2n) is 4.39. The van der Waals surface area contributed by atoms with Crippen molar-refractivity contribution >= 4 is 16.8 Å². The molecule has 0 unspecified atom stereocenters. The lowest BCUT2D eigenvalue weighted by atomic mass is 10.1. The van der Waals surface area contributed by atoms with E-state index in [-0.39, 0.29) is 11.3 Å². The first-order chi connectivity index (χ1) is 9.68. The van der Waals surface area contributed by atoms with Gasteiger partial charge in [-0.3, -0.25) is 9.59 Å². The van der Waals surface area contributed by atoms with Gasteiger partial charge < -0.3 is 5.11 Å². The molecule has 0 saturated carbocycles. The lowest BCUT2D eigenvalue weighted by Gasteiger charge is -2.09. The Kier molecular flexibility index (Phi) is 2.84. The standard InChI is InChI=1S/C16H11NO3/c18-14-8-4-2-6-12(14)16(20)17-13-7-3-1-5-11(13)9-10-15(17)19/h1-10,18H. The van der Waals surface area contributed by atoms with E-state index in [0.29, 0.717) is 5.52 Å². The molecule has 0 saturated heterocycles. The van der Waals surface area contributed by atoms with Gasteiger partial charge in [0.05, 0.1) is 11.1 Å². The van der Waals surface area contributed by atoms with E-state index in [2.05, 4.69) is 0 Å². The summed E-state index contributed by atoms with van der Waals surface area (Å²) in [4.78, 5) is 24.5. The van der Waals surface area contributed by atoms with Crippen molar-refractivity contribution in [2.75, 3.05) is 0 Å². The van der Waals surface area contributed by atoms with E-state index in [9.17, 15) is 14.7 Å². The van der Waals surface area contributed by atoms with Crippen LogP contribution in [0.15, 0.2) is 65.5 Å². The third kappa shape index (κ3) is 1.87. The molecule has 0 radical (unpaired) electrons. The van der Waals surface area contributed by atoms with E-state index >= 15 is 0 Å². The molecular weight excluding hydrogens is 254 g/mol. The predicted octanol–water partition coefficient (Wildman–Crippen LogP) is 2.40. The zero-order chi connectivity index (χ0) is 14.1. The number of aromatic hydroxyl groups is 1. The van der Waals surface area contributed by atoms with Gasteiger partial charge in [-0.25, -0.2) is 4.57 Å². The van der Waals surface area contributed by atoms with E-state index in [4.69, 9.17) is 0 Å². The summed E-state index contributed by atoms with van der Waals surface area (Å²) < 4.78 is 1.07. The van der Waals surface area contributed by atoms with Crippen molar-refractivity contribution in [3.63, 3.8) is 0 Å². The van der Waals surface area contributed by atoms with Gasteiger partial charge in [0.15, 0.2) is 0 Å². The molecule has 0 aliphatic carbocycles. The van der Waals surface area contributed by atoms with Gasteiger partial charge in [0.25, 0.3) is 11.5 Å². The fourth-order valence-corrected chi connectivity index (χ4v) is 2.17. The van der Waals surface area contributed by atoms with Crippen LogP contribution >= 0.6 is 0 Å². The molecule has 0 spiro atoms. The topological polar surface area (TPSA) is 59.3 Å². The normalized spacial score (nSPS) is 10.6. The molecule has 3 rings (SSSR count). The van der Waals surface area contributed by atoms with E-state index in [0.717, 1.165) is 9.95 Å². The number of para-hydroxylation sites is 2. The number of fused-ring (bicyclic) bond motifs is 1. The summed E-state index contributed by atoms with van der Waals surface area (Å²) >= 11 is 0. The van der Waals surface area contributed by atoms with Gasteiger partial charge in [0, 0.05) is 6.07 Å². The quantitative estimate of drug-likeness (QED) is 0.735. The van der Waals surface area contributed by atoms with Crippen molar-refractivity contribution in [3.8, 4) is 5.75 Å². The number of rotatable bonds is 1. The maximum absolute atomic E-state index is 12.5. The molecule has 1 aromatic heterocycles. The third-order valence-electron chi connectivity index (χ3n) is 3.14. The van der Waals surface area contributed by atoms with Crippen molar-refractivity contribution in [3.05, 3.63) is 76.6 Å². The Morgan fingerprint density at radius 1 is 0.900 bits per heavy atom. The van der Waals surface area contributed by atoms with Gasteiger partial charge in [-0.1, -0.05) is 30.3 Å². The number of carbonyl (C=O) groups excluding carboxylic acids is 1. The number of carbonyl (C=O) groups is 1. The Morgan fingerprint density at radius 3 is 2.40 bits per heavy atom. The number of hydrogen-bond acceptors (Lipinski definition) is 3. The smallest absolute Gasteiger partial charge is 0.269 e. The van der Waals surface area contributed by atoms with Crippen LogP contribution < -0.4 is 5.56 Å². The van der Waals surface area contributed by atoms with Crippen LogP contribution in [-0.4, -0.2) is 15.6 Å². The van der Waals surface area contributed by atoms with Gasteiger partial charge in [0.2, 0.25) is 0 Å². The lowest BCUT2D eigenvalue weighted by Crippen LogP contribution is -2.26. The highest BCUT2D eigenvalue weighted by Gasteiger charge is 2.16. The first kappa shape index (κ1) is 12.2. The first-order valence-electron chi connectivity index (χ1n) is 6.12. The van der Waals surface area contributed by atoms with E-state index < -0.39 is 11.5 Å². The Morgan fingerprint density at radius 2 is 1.60 bits per heavy atom. The van der Waals surface area contributed by atoms with Crippen LogP contribution in [0.4, 0.5) is 0 Å². The van der Waals surface area contributed by atoms with Gasteiger partial charge in [0.1, 0.15) is 5.75 Å². The number of phenolic OH excluding ortho intramolecular Hbond substituents is 1. The highest BCUT2D eigenvalue weighted by Crippen LogP contribution is 2.19. The minimum absolute atomic E-state index is 0.103. The van der Waals surface area contributed by atoms with Crippen LogP contribution in [-0.2, 0) is 0 Å². The lowest BCUT2D eigenvalue weighted by molar-refractivity contribution is 0.0958. The van der Waals surface area contributed by atoms with Crippen LogP contribution in [0.5, 0.6) is 5.75 Å². The van der Waals surface area contributed by atoms with Crippen LogP contribution in [0.25, 0.3) is 10.9 Å². The molecule has 1 N–H and O–H groups in total. The average Bonchev–Trinajstić information content (AvgIpc) is 2.47. The summed E-state index contributed by atoms with van der Waals surface area (Å²) in [5.41, 5.74) is 0.205. The Balaban J connectivity index is 2.30. The van der Waals surface area contributed by atoms with Crippen molar-refractivity contribution in [2.24, 2.45) is 0 Å². The number of benzene rings is 2. The molecule has 98 valence electrons. The van der Waals surface area contributed by atoms with Gasteiger partial charge >= 0.3 is 0 Å². The third-order valence-corrected chi connectivity index (χ3v) is 3.14. The Bertz CT molecular complexity index is 865. The molecule has 0 fully saturated rings. The summed E-state index contributed by atoms with van der Waals surface area (Å²) in [6, 6.07) is 16.3. The van der Waals surface area contributed by atoms with E-state index in [1.807, 2.05) is 12.1 Å². The average molecular weight is 265 g/mol. The SMILES string of the molecule is O=C(c1ccccc1O)n1c(=O)ccc2ccccc21. The van der Waals surface area contributed by atoms with Crippen LogP contribution in [0.1, 0.15) is 10.4 Å². The van der Waals surface area contributed by atoms with Crippen molar-refractivity contribution in [2.45, 2.75) is 0 Å². The highest BCUT2D eigenvalue weighted by molar-refractivity contribution is 6.03. The van der Waals surface area contributed by atoms with Gasteiger partial charge in [-0.15, -0.1) is 0 Å². The number of aromatic nitrogens is 1. The minimum Gasteiger partial charge on any atom is -0.507 e. The zero-order valence-corrected chi connectivity index (χ0v) is 10.5. The molecule has 4 heteroatoms. The monoisotopic (exact) mass is 265 g/mol. The Labute approximate surface area is 114 Å². The number of pyridine rings is 1. The first-order valence-corrected chi connectivity index (χ1v) is 6.12. The molecule has 1 heterocycles. The van der Waals surface area contributed by atoms with Crippen molar-refractivity contribution in [1.29, 1.82) is 0 Å². The van der Waals surface area contributed by atoms with Crippen LogP contribution in [0.3, 0.4) is 0 Å². The van der Waals surface area contributed by atoms with E-state index in [1.54, 1.807) is 30.3 Å². The van der Waals surface area contributed by atoms with E-state index in [1.165, 1.54) is 18.2 Å². The fraction of sp³-hybridized carbons (Fsp3) is 0.